The number of hydrogen-bond donors (Lipinski definition) is 0. The highest BCUT2D eigenvalue weighted by Crippen LogP contribution is 2.42. The number of carbonyl (C=O) groups is 1. The minimum Gasteiger partial charge on any atom is -0.294 e. The molecule has 0 fully saturated rings. The van der Waals surface area contributed by atoms with Gasteiger partial charge in [-0.2, -0.15) is 0 Å². The molecule has 0 aromatic carbocycles. The smallest absolute Gasteiger partial charge is 0.164 e. The van der Waals surface area contributed by atoms with Crippen LogP contribution in [0.3, 0.4) is 0 Å². The van der Waals surface area contributed by atoms with Gasteiger partial charge in [0.1, 0.15) is 0 Å². The highest BCUT2D eigenvalue weighted by molar-refractivity contribution is 7.11. The molecular formula is C10H14OSSi. The summed E-state index contributed by atoms with van der Waals surface area (Å²) in [6, 6.07) is 1.99. The summed E-state index contributed by atoms with van der Waals surface area (Å²) in [5.74, 6) is 0.365. The molecule has 1 heterocycles. The van der Waals surface area contributed by atoms with Gasteiger partial charge in [-0.3, -0.25) is 4.79 Å². The van der Waals surface area contributed by atoms with Crippen molar-refractivity contribution < 1.29 is 4.79 Å². The van der Waals surface area contributed by atoms with Gasteiger partial charge in [0, 0.05) is 16.9 Å². The van der Waals surface area contributed by atoms with E-state index in [-0.39, 0.29) is 0 Å². The van der Waals surface area contributed by atoms with Crippen molar-refractivity contribution in [1.82, 2.24) is 0 Å². The third-order valence-electron chi connectivity index (χ3n) is 2.75. The normalized spacial score (nSPS) is 22.1. The summed E-state index contributed by atoms with van der Waals surface area (Å²) in [5.41, 5.74) is 1.59. The summed E-state index contributed by atoms with van der Waals surface area (Å²) in [5, 5.41) is 2.05. The fraction of sp³-hybridized carbons (Fsp3) is 0.500. The lowest BCUT2D eigenvalue weighted by Gasteiger charge is -2.23. The van der Waals surface area contributed by atoms with Crippen molar-refractivity contribution in [1.29, 1.82) is 0 Å². The van der Waals surface area contributed by atoms with Crippen LogP contribution in [-0.4, -0.2) is 13.9 Å². The minimum atomic E-state index is -1.19. The Hall–Kier alpha value is -0.413. The molecule has 13 heavy (non-hydrogen) atoms. The number of thiophene rings is 1. The Balaban J connectivity index is 2.44. The molecule has 0 spiro atoms. The highest BCUT2D eigenvalue weighted by Gasteiger charge is 2.38. The number of Topliss-reactive ketones (excluding diaryl/α,β-unsaturated/α-hetero) is 1. The molecule has 3 heteroatoms. The van der Waals surface area contributed by atoms with Crippen LogP contribution in [0.25, 0.3) is 0 Å². The van der Waals surface area contributed by atoms with Crippen molar-refractivity contribution in [3.05, 3.63) is 21.9 Å². The molecule has 0 N–H and O–H groups in total. The molecule has 2 rings (SSSR count). The maximum Gasteiger partial charge on any atom is 0.164 e. The summed E-state index contributed by atoms with van der Waals surface area (Å²) in [6.45, 7) is 7.04. The average molecular weight is 210 g/mol. The van der Waals surface area contributed by atoms with Gasteiger partial charge in [0.25, 0.3) is 0 Å². The molecule has 1 aromatic rings. The van der Waals surface area contributed by atoms with Crippen LogP contribution in [0.4, 0.5) is 0 Å². The lowest BCUT2D eigenvalue weighted by atomic mass is 10.2. The number of hydrogen-bond acceptors (Lipinski definition) is 2. The molecule has 0 amide bonds. The second-order valence-electron chi connectivity index (χ2n) is 4.74. The fourth-order valence-corrected chi connectivity index (χ4v) is 5.82. The second-order valence-corrected chi connectivity index (χ2v) is 11.1. The van der Waals surface area contributed by atoms with E-state index >= 15 is 0 Å². The predicted molar refractivity (Wildman–Crippen MR) is 59.4 cm³/mol. The van der Waals surface area contributed by atoms with Crippen LogP contribution in [0.1, 0.15) is 27.2 Å². The van der Waals surface area contributed by atoms with Gasteiger partial charge in [-0.25, -0.2) is 0 Å². The Morgan fingerprint density at radius 2 is 2.15 bits per heavy atom. The van der Waals surface area contributed by atoms with E-state index in [0.717, 1.165) is 12.0 Å². The molecule has 0 radical (unpaired) electrons. The van der Waals surface area contributed by atoms with E-state index < -0.39 is 8.07 Å². The van der Waals surface area contributed by atoms with Crippen molar-refractivity contribution in [2.45, 2.75) is 31.6 Å². The number of ketones is 1. The number of fused-ring (bicyclic) bond motifs is 1. The maximum absolute atomic E-state index is 11.6. The third-order valence-corrected chi connectivity index (χ3v) is 6.57. The van der Waals surface area contributed by atoms with E-state index in [9.17, 15) is 4.79 Å². The highest BCUT2D eigenvalue weighted by atomic mass is 32.1. The van der Waals surface area contributed by atoms with E-state index in [4.69, 9.17) is 0 Å². The molecule has 0 bridgehead atoms. The molecular weight excluding hydrogens is 196 g/mol. The van der Waals surface area contributed by atoms with Crippen LogP contribution in [0, 0.1) is 0 Å². The van der Waals surface area contributed by atoms with Crippen LogP contribution in [-0.2, 0) is 0 Å². The molecule has 1 aromatic heterocycles. The molecule has 1 aliphatic rings. The Labute approximate surface area is 83.8 Å². The molecule has 1 nitrogen and oxygen atoms in total. The molecule has 1 aliphatic carbocycles. The predicted octanol–water partition coefficient (Wildman–Crippen LogP) is 3.30. The van der Waals surface area contributed by atoms with Gasteiger partial charge < -0.3 is 0 Å². The van der Waals surface area contributed by atoms with Crippen molar-refractivity contribution in [2.75, 3.05) is 0 Å². The van der Waals surface area contributed by atoms with Gasteiger partial charge in [0.05, 0.1) is 8.07 Å². The Bertz CT molecular complexity index is 348. The molecule has 1 unspecified atom stereocenters. The molecule has 0 saturated carbocycles. The minimum absolute atomic E-state index is 0.365. The van der Waals surface area contributed by atoms with Crippen LogP contribution >= 0.6 is 11.3 Å². The Morgan fingerprint density at radius 1 is 1.46 bits per heavy atom. The van der Waals surface area contributed by atoms with Gasteiger partial charge in [-0.05, 0) is 17.0 Å². The number of carbonyl (C=O) groups excluding carboxylic acids is 1. The molecule has 1 atom stereocenters. The molecule has 0 aliphatic heterocycles. The first-order valence-electron chi connectivity index (χ1n) is 4.61. The van der Waals surface area contributed by atoms with Crippen LogP contribution in [0.2, 0.25) is 19.6 Å². The van der Waals surface area contributed by atoms with Gasteiger partial charge >= 0.3 is 0 Å². The summed E-state index contributed by atoms with van der Waals surface area (Å²) < 4.78 is 0. The number of rotatable bonds is 1. The summed E-state index contributed by atoms with van der Waals surface area (Å²) in [4.78, 5) is 13.0. The first-order chi connectivity index (χ1) is 6.00. The lowest BCUT2D eigenvalue weighted by molar-refractivity contribution is 0.0993. The zero-order valence-electron chi connectivity index (χ0n) is 8.26. The third kappa shape index (κ3) is 1.40. The lowest BCUT2D eigenvalue weighted by Crippen LogP contribution is -2.29. The van der Waals surface area contributed by atoms with E-state index in [2.05, 4.69) is 25.0 Å². The zero-order chi connectivity index (χ0) is 9.64. The standard InChI is InChI=1S/C10H14OSSi/c1-13(2,3)9-6-8(11)7-4-5-12-10(7)9/h4-5,9H,6H2,1-3H3. The summed E-state index contributed by atoms with van der Waals surface area (Å²) in [6.07, 6.45) is 0.776. The van der Waals surface area contributed by atoms with E-state index in [1.54, 1.807) is 11.3 Å². The summed E-state index contributed by atoms with van der Waals surface area (Å²) in [7, 11) is -1.19. The monoisotopic (exact) mass is 210 g/mol. The summed E-state index contributed by atoms with van der Waals surface area (Å²) >= 11 is 1.76. The first-order valence-corrected chi connectivity index (χ1v) is 9.06. The quantitative estimate of drug-likeness (QED) is 0.650. The first kappa shape index (κ1) is 9.15. The maximum atomic E-state index is 11.6. The van der Waals surface area contributed by atoms with Crippen LogP contribution < -0.4 is 0 Å². The van der Waals surface area contributed by atoms with E-state index in [1.807, 2.05) is 6.07 Å². The van der Waals surface area contributed by atoms with E-state index in [1.165, 1.54) is 4.88 Å². The Kier molecular flexibility index (Phi) is 1.96. The second kappa shape index (κ2) is 2.79. The van der Waals surface area contributed by atoms with Crippen molar-refractivity contribution >= 4 is 25.2 Å². The van der Waals surface area contributed by atoms with Crippen molar-refractivity contribution in [2.24, 2.45) is 0 Å². The molecule has 70 valence electrons. The van der Waals surface area contributed by atoms with Crippen molar-refractivity contribution in [3.8, 4) is 0 Å². The van der Waals surface area contributed by atoms with E-state index in [0.29, 0.717) is 11.3 Å². The fourth-order valence-electron chi connectivity index (χ4n) is 1.91. The van der Waals surface area contributed by atoms with Gasteiger partial charge in [0.2, 0.25) is 0 Å². The van der Waals surface area contributed by atoms with Crippen LogP contribution in [0.5, 0.6) is 0 Å². The average Bonchev–Trinajstić information content (AvgIpc) is 2.51. The van der Waals surface area contributed by atoms with Gasteiger partial charge in [-0.1, -0.05) is 19.6 Å². The van der Waals surface area contributed by atoms with Crippen LogP contribution in [0.15, 0.2) is 11.4 Å². The largest absolute Gasteiger partial charge is 0.294 e. The van der Waals surface area contributed by atoms with Gasteiger partial charge in [-0.15, -0.1) is 11.3 Å². The SMILES string of the molecule is C[Si](C)(C)C1CC(=O)c2ccsc21. The van der Waals surface area contributed by atoms with Crippen molar-refractivity contribution in [3.63, 3.8) is 0 Å². The topological polar surface area (TPSA) is 17.1 Å². The Morgan fingerprint density at radius 3 is 2.77 bits per heavy atom. The molecule has 0 saturated heterocycles. The zero-order valence-corrected chi connectivity index (χ0v) is 10.1. The van der Waals surface area contributed by atoms with Gasteiger partial charge in [0.15, 0.2) is 5.78 Å².